The van der Waals surface area contributed by atoms with Gasteiger partial charge in [0.2, 0.25) is 0 Å². The van der Waals surface area contributed by atoms with E-state index in [2.05, 4.69) is 43.2 Å². The average molecular weight is 366 g/mol. The van der Waals surface area contributed by atoms with Crippen molar-refractivity contribution in [1.29, 1.82) is 0 Å². The maximum atomic E-state index is 12.3. The maximum absolute atomic E-state index is 12.3. The van der Waals surface area contributed by atoms with Crippen LogP contribution in [-0.2, 0) is 0 Å². The molecule has 4 nitrogen and oxygen atoms in total. The highest BCUT2D eigenvalue weighted by molar-refractivity contribution is 6.30. The normalized spacial score (nSPS) is 10.6. The summed E-state index contributed by atoms with van der Waals surface area (Å²) in [4.78, 5) is 16.6. The van der Waals surface area contributed by atoms with Gasteiger partial charge in [0, 0.05) is 16.1 Å². The molecule has 3 N–H and O–H groups in total. The van der Waals surface area contributed by atoms with Crippen molar-refractivity contribution in [3.63, 3.8) is 0 Å². The zero-order valence-corrected chi connectivity index (χ0v) is 15.7. The molecular formula is C21H20ClN3O. The number of nitrogens with two attached hydrogens (primary N) is 1. The number of nitrogen functional groups attached to an aromatic ring is 1. The van der Waals surface area contributed by atoms with E-state index in [1.807, 2.05) is 6.07 Å². The molecule has 1 heterocycles. The second kappa shape index (κ2) is 7.18. The van der Waals surface area contributed by atoms with E-state index in [9.17, 15) is 4.79 Å². The summed E-state index contributed by atoms with van der Waals surface area (Å²) >= 11 is 5.85. The van der Waals surface area contributed by atoms with Gasteiger partial charge in [0.1, 0.15) is 11.6 Å². The summed E-state index contributed by atoms with van der Waals surface area (Å²) in [6, 6.07) is 14.6. The first-order valence-electron chi connectivity index (χ1n) is 8.27. The Kier molecular flexibility index (Phi) is 4.96. The second-order valence-electron chi connectivity index (χ2n) is 6.34. The van der Waals surface area contributed by atoms with Crippen molar-refractivity contribution in [1.82, 2.24) is 4.98 Å². The van der Waals surface area contributed by atoms with Crippen LogP contribution in [0.5, 0.6) is 0 Å². The number of hydrogen-bond acceptors (Lipinski definition) is 3. The topological polar surface area (TPSA) is 68.0 Å². The second-order valence-corrected chi connectivity index (χ2v) is 6.78. The van der Waals surface area contributed by atoms with Crippen molar-refractivity contribution in [3.8, 4) is 11.1 Å². The highest BCUT2D eigenvalue weighted by Crippen LogP contribution is 2.30. The Hall–Kier alpha value is -2.85. The van der Waals surface area contributed by atoms with Crippen molar-refractivity contribution in [2.24, 2.45) is 0 Å². The lowest BCUT2D eigenvalue weighted by molar-refractivity contribution is 0.102. The Morgan fingerprint density at radius 2 is 1.58 bits per heavy atom. The molecule has 0 aliphatic heterocycles. The van der Waals surface area contributed by atoms with Gasteiger partial charge in [-0.25, -0.2) is 4.98 Å². The van der Waals surface area contributed by atoms with Crippen LogP contribution in [0.3, 0.4) is 0 Å². The van der Waals surface area contributed by atoms with Crippen LogP contribution < -0.4 is 11.1 Å². The number of amides is 1. The smallest absolute Gasteiger partial charge is 0.256 e. The monoisotopic (exact) mass is 365 g/mol. The standard InChI is InChI=1S/C21H20ClN3O/c1-12-10-14(3)18(11-13(12)2)17-8-9-19(24-20(17)23)25-21(26)15-4-6-16(22)7-5-15/h4-11H,1-3H3,(H3,23,24,25,26). The van der Waals surface area contributed by atoms with E-state index in [1.165, 1.54) is 11.1 Å². The van der Waals surface area contributed by atoms with Crippen molar-refractivity contribution in [3.05, 3.63) is 75.8 Å². The Morgan fingerprint density at radius 3 is 2.23 bits per heavy atom. The molecule has 26 heavy (non-hydrogen) atoms. The van der Waals surface area contributed by atoms with E-state index in [4.69, 9.17) is 17.3 Å². The Morgan fingerprint density at radius 1 is 0.923 bits per heavy atom. The molecule has 3 aromatic rings. The van der Waals surface area contributed by atoms with Gasteiger partial charge in [-0.3, -0.25) is 4.79 Å². The summed E-state index contributed by atoms with van der Waals surface area (Å²) in [6.07, 6.45) is 0. The van der Waals surface area contributed by atoms with Crippen molar-refractivity contribution in [2.75, 3.05) is 11.1 Å². The van der Waals surface area contributed by atoms with Crippen LogP contribution in [0.1, 0.15) is 27.0 Å². The van der Waals surface area contributed by atoms with E-state index in [-0.39, 0.29) is 5.91 Å². The molecule has 0 aliphatic rings. The van der Waals surface area contributed by atoms with E-state index < -0.39 is 0 Å². The summed E-state index contributed by atoms with van der Waals surface area (Å²) in [5.74, 6) is 0.529. The molecular weight excluding hydrogens is 346 g/mol. The summed E-state index contributed by atoms with van der Waals surface area (Å²) < 4.78 is 0. The Bertz CT molecular complexity index is 981. The molecule has 1 aromatic heterocycles. The molecule has 5 heteroatoms. The summed E-state index contributed by atoms with van der Waals surface area (Å²) in [7, 11) is 0. The molecule has 0 bridgehead atoms. The first-order chi connectivity index (χ1) is 12.3. The number of aryl methyl sites for hydroxylation is 3. The maximum Gasteiger partial charge on any atom is 0.256 e. The van der Waals surface area contributed by atoms with Crippen molar-refractivity contribution in [2.45, 2.75) is 20.8 Å². The van der Waals surface area contributed by atoms with E-state index in [0.29, 0.717) is 22.2 Å². The molecule has 0 saturated carbocycles. The lowest BCUT2D eigenvalue weighted by atomic mass is 9.96. The van der Waals surface area contributed by atoms with Gasteiger partial charge in [-0.15, -0.1) is 0 Å². The summed E-state index contributed by atoms with van der Waals surface area (Å²) in [5, 5.41) is 3.34. The van der Waals surface area contributed by atoms with E-state index in [0.717, 1.165) is 16.7 Å². The molecule has 0 atom stereocenters. The Labute approximate surface area is 158 Å². The average Bonchev–Trinajstić information content (AvgIpc) is 2.59. The fourth-order valence-electron chi connectivity index (χ4n) is 2.81. The van der Waals surface area contributed by atoms with Gasteiger partial charge in [0.25, 0.3) is 5.91 Å². The van der Waals surface area contributed by atoms with Crippen LogP contribution in [-0.4, -0.2) is 10.9 Å². The van der Waals surface area contributed by atoms with E-state index >= 15 is 0 Å². The predicted molar refractivity (Wildman–Crippen MR) is 108 cm³/mol. The molecule has 0 saturated heterocycles. The van der Waals surface area contributed by atoms with Gasteiger partial charge >= 0.3 is 0 Å². The third-order valence-corrected chi connectivity index (χ3v) is 4.66. The lowest BCUT2D eigenvalue weighted by Crippen LogP contribution is -2.13. The van der Waals surface area contributed by atoms with Gasteiger partial charge in [-0.2, -0.15) is 0 Å². The minimum Gasteiger partial charge on any atom is -0.383 e. The van der Waals surface area contributed by atoms with Gasteiger partial charge in [-0.05, 0) is 79.4 Å². The van der Waals surface area contributed by atoms with Crippen molar-refractivity contribution < 1.29 is 4.79 Å². The zero-order chi connectivity index (χ0) is 18.8. The lowest BCUT2D eigenvalue weighted by Gasteiger charge is -2.13. The van der Waals surface area contributed by atoms with Gasteiger partial charge in [0.05, 0.1) is 0 Å². The van der Waals surface area contributed by atoms with Crippen molar-refractivity contribution >= 4 is 29.1 Å². The number of benzene rings is 2. The number of halogens is 1. The summed E-state index contributed by atoms with van der Waals surface area (Å²) in [5.41, 5.74) is 12.2. The number of pyridine rings is 1. The number of carbonyl (C=O) groups is 1. The SMILES string of the molecule is Cc1cc(C)c(-c2ccc(NC(=O)c3ccc(Cl)cc3)nc2N)cc1C. The van der Waals surface area contributed by atoms with Crippen LogP contribution in [0.25, 0.3) is 11.1 Å². The number of carbonyl (C=O) groups excluding carboxylic acids is 1. The van der Waals surface area contributed by atoms with Crippen LogP contribution in [0, 0.1) is 20.8 Å². The van der Waals surface area contributed by atoms with Crippen LogP contribution in [0.4, 0.5) is 11.6 Å². The molecule has 2 aromatic carbocycles. The van der Waals surface area contributed by atoms with Gasteiger partial charge in [0.15, 0.2) is 0 Å². The number of rotatable bonds is 3. The highest BCUT2D eigenvalue weighted by Gasteiger charge is 2.12. The Balaban J connectivity index is 1.87. The van der Waals surface area contributed by atoms with Crippen LogP contribution in [0.15, 0.2) is 48.5 Å². The molecule has 0 radical (unpaired) electrons. The van der Waals surface area contributed by atoms with Gasteiger partial charge < -0.3 is 11.1 Å². The molecule has 0 fully saturated rings. The first-order valence-corrected chi connectivity index (χ1v) is 8.64. The first kappa shape index (κ1) is 18.0. The molecule has 1 amide bonds. The minimum atomic E-state index is -0.260. The van der Waals surface area contributed by atoms with E-state index in [1.54, 1.807) is 30.3 Å². The molecule has 132 valence electrons. The third-order valence-electron chi connectivity index (χ3n) is 4.40. The number of nitrogens with one attached hydrogen (secondary N) is 1. The quantitative estimate of drug-likeness (QED) is 0.673. The summed E-state index contributed by atoms with van der Waals surface area (Å²) in [6.45, 7) is 6.21. The molecule has 0 aliphatic carbocycles. The largest absolute Gasteiger partial charge is 0.383 e. The number of aromatic nitrogens is 1. The number of nitrogens with zero attached hydrogens (tertiary/aromatic N) is 1. The zero-order valence-electron chi connectivity index (χ0n) is 14.9. The highest BCUT2D eigenvalue weighted by atomic mass is 35.5. The van der Waals surface area contributed by atoms with Crippen LogP contribution >= 0.6 is 11.6 Å². The molecule has 0 unspecified atom stereocenters. The fourth-order valence-corrected chi connectivity index (χ4v) is 2.94. The third kappa shape index (κ3) is 3.70. The predicted octanol–water partition coefficient (Wildman–Crippen LogP) is 5.16. The number of hydrogen-bond donors (Lipinski definition) is 2. The van der Waals surface area contributed by atoms with Gasteiger partial charge in [-0.1, -0.05) is 23.7 Å². The molecule has 0 spiro atoms. The molecule has 3 rings (SSSR count). The fraction of sp³-hybridized carbons (Fsp3) is 0.143. The van der Waals surface area contributed by atoms with Crippen LogP contribution in [0.2, 0.25) is 5.02 Å². The number of anilines is 2. The minimum absolute atomic E-state index is 0.260.